The van der Waals surface area contributed by atoms with Crippen LogP contribution in [0.3, 0.4) is 0 Å². The molecule has 0 aliphatic carbocycles. The molecule has 0 N–H and O–H groups in total. The Kier molecular flexibility index (Phi) is 3.33. The van der Waals surface area contributed by atoms with Crippen LogP contribution < -0.4 is 4.74 Å². The summed E-state index contributed by atoms with van der Waals surface area (Å²) >= 11 is 0. The van der Waals surface area contributed by atoms with Crippen molar-refractivity contribution in [3.8, 4) is 5.75 Å². The molecule has 0 saturated carbocycles. The molecular formula is C15H12F2N2O. The number of hydrogen-bond acceptors (Lipinski definition) is 2. The van der Waals surface area contributed by atoms with Crippen molar-refractivity contribution in [2.24, 2.45) is 0 Å². The van der Waals surface area contributed by atoms with Crippen molar-refractivity contribution in [3.05, 3.63) is 60.4 Å². The summed E-state index contributed by atoms with van der Waals surface area (Å²) in [5.74, 6) is -0.986. The smallest absolute Gasteiger partial charge is 0.161 e. The Morgan fingerprint density at radius 1 is 1.05 bits per heavy atom. The van der Waals surface area contributed by atoms with Gasteiger partial charge in [-0.1, -0.05) is 18.2 Å². The minimum atomic E-state index is -0.886. The molecule has 0 saturated heterocycles. The lowest BCUT2D eigenvalue weighted by atomic mass is 10.3. The summed E-state index contributed by atoms with van der Waals surface area (Å²) in [5, 5.41) is 0. The molecule has 0 amide bonds. The first-order chi connectivity index (χ1) is 9.74. The van der Waals surface area contributed by atoms with E-state index < -0.39 is 11.6 Å². The molecule has 0 radical (unpaired) electrons. The standard InChI is InChI=1S/C15H12F2N2O/c16-12-8-14-15(9-13(12)17)19(10-18-14)6-7-20-11-4-2-1-3-5-11/h1-5,8-10H,6-7H2. The van der Waals surface area contributed by atoms with Crippen molar-refractivity contribution in [1.29, 1.82) is 0 Å². The van der Waals surface area contributed by atoms with Gasteiger partial charge in [0.05, 0.1) is 23.9 Å². The molecule has 0 unspecified atom stereocenters. The third kappa shape index (κ3) is 2.47. The Bertz CT molecular complexity index is 725. The van der Waals surface area contributed by atoms with Crippen molar-refractivity contribution in [2.45, 2.75) is 6.54 Å². The molecule has 0 aliphatic heterocycles. The van der Waals surface area contributed by atoms with E-state index in [1.165, 1.54) is 0 Å². The van der Waals surface area contributed by atoms with Gasteiger partial charge in [0, 0.05) is 12.1 Å². The van der Waals surface area contributed by atoms with Gasteiger partial charge in [-0.15, -0.1) is 0 Å². The molecular weight excluding hydrogens is 262 g/mol. The van der Waals surface area contributed by atoms with E-state index in [1.54, 1.807) is 10.9 Å². The van der Waals surface area contributed by atoms with E-state index in [4.69, 9.17) is 4.74 Å². The molecule has 3 aromatic rings. The van der Waals surface area contributed by atoms with Crippen molar-refractivity contribution in [1.82, 2.24) is 9.55 Å². The molecule has 20 heavy (non-hydrogen) atoms. The average molecular weight is 274 g/mol. The van der Waals surface area contributed by atoms with Crippen molar-refractivity contribution < 1.29 is 13.5 Å². The SMILES string of the molecule is Fc1cc2ncn(CCOc3ccccc3)c2cc1F. The number of ether oxygens (including phenoxy) is 1. The third-order valence-electron chi connectivity index (χ3n) is 3.01. The van der Waals surface area contributed by atoms with Crippen molar-refractivity contribution >= 4 is 11.0 Å². The van der Waals surface area contributed by atoms with Crippen LogP contribution in [0.2, 0.25) is 0 Å². The largest absolute Gasteiger partial charge is 0.492 e. The Morgan fingerprint density at radius 2 is 1.80 bits per heavy atom. The highest BCUT2D eigenvalue weighted by Crippen LogP contribution is 2.17. The molecule has 3 nitrogen and oxygen atoms in total. The van der Waals surface area contributed by atoms with Gasteiger partial charge in [0.1, 0.15) is 12.4 Å². The maximum atomic E-state index is 13.2. The van der Waals surface area contributed by atoms with E-state index in [0.29, 0.717) is 24.2 Å². The van der Waals surface area contributed by atoms with Crippen molar-refractivity contribution in [3.63, 3.8) is 0 Å². The molecule has 0 fully saturated rings. The lowest BCUT2D eigenvalue weighted by Crippen LogP contribution is -2.07. The van der Waals surface area contributed by atoms with E-state index in [9.17, 15) is 8.78 Å². The van der Waals surface area contributed by atoms with E-state index in [-0.39, 0.29) is 0 Å². The highest BCUT2D eigenvalue weighted by atomic mass is 19.2. The minimum Gasteiger partial charge on any atom is -0.492 e. The van der Waals surface area contributed by atoms with Gasteiger partial charge >= 0.3 is 0 Å². The molecule has 102 valence electrons. The van der Waals surface area contributed by atoms with E-state index in [2.05, 4.69) is 4.98 Å². The van der Waals surface area contributed by atoms with Crippen LogP contribution in [0.5, 0.6) is 5.75 Å². The van der Waals surface area contributed by atoms with Crippen LogP contribution in [0.25, 0.3) is 11.0 Å². The number of imidazole rings is 1. The number of halogens is 2. The summed E-state index contributed by atoms with van der Waals surface area (Å²) in [4.78, 5) is 4.05. The predicted molar refractivity (Wildman–Crippen MR) is 71.6 cm³/mol. The molecule has 0 atom stereocenters. The zero-order valence-corrected chi connectivity index (χ0v) is 10.6. The van der Waals surface area contributed by atoms with Gasteiger partial charge in [-0.2, -0.15) is 0 Å². The quantitative estimate of drug-likeness (QED) is 0.729. The average Bonchev–Trinajstić information content (AvgIpc) is 2.83. The summed E-state index contributed by atoms with van der Waals surface area (Å²) < 4.78 is 33.6. The number of rotatable bonds is 4. The lowest BCUT2D eigenvalue weighted by Gasteiger charge is -2.07. The second kappa shape index (κ2) is 5.28. The predicted octanol–water partition coefficient (Wildman–Crippen LogP) is 3.39. The molecule has 0 spiro atoms. The van der Waals surface area contributed by atoms with E-state index in [1.807, 2.05) is 30.3 Å². The van der Waals surface area contributed by atoms with Crippen LogP contribution in [0.1, 0.15) is 0 Å². The van der Waals surface area contributed by atoms with Crippen molar-refractivity contribution in [2.75, 3.05) is 6.61 Å². The molecule has 1 aromatic heterocycles. The summed E-state index contributed by atoms with van der Waals surface area (Å²) in [6.07, 6.45) is 1.55. The van der Waals surface area contributed by atoms with Gasteiger partial charge in [0.2, 0.25) is 0 Å². The van der Waals surface area contributed by atoms with Gasteiger partial charge in [-0.25, -0.2) is 13.8 Å². The Labute approximate surface area is 114 Å². The first-order valence-electron chi connectivity index (χ1n) is 6.22. The van der Waals surface area contributed by atoms with Crippen LogP contribution in [0.15, 0.2) is 48.8 Å². The number of hydrogen-bond donors (Lipinski definition) is 0. The monoisotopic (exact) mass is 274 g/mol. The lowest BCUT2D eigenvalue weighted by molar-refractivity contribution is 0.300. The highest BCUT2D eigenvalue weighted by Gasteiger charge is 2.08. The highest BCUT2D eigenvalue weighted by molar-refractivity contribution is 5.75. The number of nitrogens with zero attached hydrogens (tertiary/aromatic N) is 2. The fourth-order valence-electron chi connectivity index (χ4n) is 2.01. The summed E-state index contributed by atoms with van der Waals surface area (Å²) in [5.41, 5.74) is 0.990. The summed E-state index contributed by atoms with van der Waals surface area (Å²) in [7, 11) is 0. The second-order valence-corrected chi connectivity index (χ2v) is 4.35. The van der Waals surface area contributed by atoms with Gasteiger partial charge in [0.25, 0.3) is 0 Å². The summed E-state index contributed by atoms with van der Waals surface area (Å²) in [6.45, 7) is 0.935. The number of fused-ring (bicyclic) bond motifs is 1. The first kappa shape index (κ1) is 12.6. The zero-order chi connectivity index (χ0) is 13.9. The van der Waals surface area contributed by atoms with Crippen LogP contribution in [0, 0.1) is 11.6 Å². The van der Waals surface area contributed by atoms with Gasteiger partial charge in [0.15, 0.2) is 11.6 Å². The second-order valence-electron chi connectivity index (χ2n) is 4.35. The van der Waals surface area contributed by atoms with Gasteiger partial charge in [-0.3, -0.25) is 0 Å². The minimum absolute atomic E-state index is 0.425. The topological polar surface area (TPSA) is 27.1 Å². The zero-order valence-electron chi connectivity index (χ0n) is 10.6. The number of aromatic nitrogens is 2. The van der Waals surface area contributed by atoms with Crippen LogP contribution in [0.4, 0.5) is 8.78 Å². The summed E-state index contributed by atoms with van der Waals surface area (Å²) in [6, 6.07) is 11.7. The Hall–Kier alpha value is -2.43. The Balaban J connectivity index is 1.73. The first-order valence-corrected chi connectivity index (χ1v) is 6.22. The van der Waals surface area contributed by atoms with E-state index in [0.717, 1.165) is 17.9 Å². The third-order valence-corrected chi connectivity index (χ3v) is 3.01. The fraction of sp³-hybridized carbons (Fsp3) is 0.133. The van der Waals surface area contributed by atoms with Crippen LogP contribution in [-0.2, 0) is 6.54 Å². The van der Waals surface area contributed by atoms with Crippen LogP contribution >= 0.6 is 0 Å². The van der Waals surface area contributed by atoms with Crippen LogP contribution in [-0.4, -0.2) is 16.2 Å². The van der Waals surface area contributed by atoms with Gasteiger partial charge < -0.3 is 9.30 Å². The number of benzene rings is 2. The Morgan fingerprint density at radius 3 is 2.60 bits per heavy atom. The van der Waals surface area contributed by atoms with E-state index >= 15 is 0 Å². The maximum Gasteiger partial charge on any atom is 0.161 e. The fourth-order valence-corrected chi connectivity index (χ4v) is 2.01. The normalized spacial score (nSPS) is 10.9. The molecule has 0 bridgehead atoms. The molecule has 0 aliphatic rings. The molecule has 5 heteroatoms. The molecule has 3 rings (SSSR count). The molecule has 2 aromatic carbocycles. The molecule has 1 heterocycles. The number of para-hydroxylation sites is 1. The van der Waals surface area contributed by atoms with Gasteiger partial charge in [-0.05, 0) is 12.1 Å². The maximum absolute atomic E-state index is 13.2.